The number of carboxylic acids is 1. The molecule has 0 aromatic heterocycles. The number of benzene rings is 1. The largest absolute Gasteiger partial charge is 0.497 e. The van der Waals surface area contributed by atoms with Gasteiger partial charge in [0.15, 0.2) is 0 Å². The number of anilines is 1. The average molecular weight is 315 g/mol. The zero-order valence-electron chi connectivity index (χ0n) is 12.4. The maximum absolute atomic E-state index is 11.9. The van der Waals surface area contributed by atoms with Crippen LogP contribution in [0.25, 0.3) is 0 Å². The fraction of sp³-hybridized carbons (Fsp3) is 0.429. The Hall–Kier alpha value is -1.95. The minimum atomic E-state index is -1.10. The normalized spacial score (nSPS) is 12.4. The minimum absolute atomic E-state index is 0.327. The topological polar surface area (TPSA) is 87.7 Å². The van der Waals surface area contributed by atoms with Gasteiger partial charge in [0.1, 0.15) is 11.8 Å². The van der Waals surface area contributed by atoms with E-state index in [1.165, 1.54) is 7.11 Å². The van der Waals surface area contributed by atoms with E-state index in [-0.39, 0.29) is 0 Å². The highest BCUT2D eigenvalue weighted by molar-refractivity contribution is 6.33. The number of halogens is 1. The molecule has 21 heavy (non-hydrogen) atoms. The van der Waals surface area contributed by atoms with Gasteiger partial charge in [-0.3, -0.25) is 0 Å². The van der Waals surface area contributed by atoms with Crippen molar-refractivity contribution in [3.8, 4) is 5.75 Å². The van der Waals surface area contributed by atoms with E-state index >= 15 is 0 Å². The van der Waals surface area contributed by atoms with Gasteiger partial charge in [0, 0.05) is 6.07 Å². The molecule has 1 rings (SSSR count). The molecule has 2 amide bonds. The lowest BCUT2D eigenvalue weighted by atomic mass is 9.87. The highest BCUT2D eigenvalue weighted by Gasteiger charge is 2.32. The molecular weight excluding hydrogens is 296 g/mol. The van der Waals surface area contributed by atoms with Crippen LogP contribution in [0, 0.1) is 5.41 Å². The lowest BCUT2D eigenvalue weighted by Crippen LogP contribution is -2.50. The summed E-state index contributed by atoms with van der Waals surface area (Å²) in [4.78, 5) is 23.2. The molecule has 0 saturated carbocycles. The van der Waals surface area contributed by atoms with Crippen LogP contribution in [0.5, 0.6) is 5.75 Å². The molecule has 0 aliphatic rings. The van der Waals surface area contributed by atoms with Gasteiger partial charge in [0.25, 0.3) is 0 Å². The Bertz CT molecular complexity index is 540. The molecule has 0 radical (unpaired) electrons. The number of aliphatic carboxylic acids is 1. The summed E-state index contributed by atoms with van der Waals surface area (Å²) in [6.45, 7) is 5.18. The quantitative estimate of drug-likeness (QED) is 0.797. The minimum Gasteiger partial charge on any atom is -0.497 e. The van der Waals surface area contributed by atoms with E-state index in [0.717, 1.165) is 0 Å². The fourth-order valence-electron chi connectivity index (χ4n) is 1.67. The predicted octanol–water partition coefficient (Wildman–Crippen LogP) is 2.97. The molecule has 0 unspecified atom stereocenters. The summed E-state index contributed by atoms with van der Waals surface area (Å²) in [5.41, 5.74) is -0.284. The summed E-state index contributed by atoms with van der Waals surface area (Å²) in [5.74, 6) is -0.574. The number of rotatable bonds is 4. The molecule has 0 bridgehead atoms. The van der Waals surface area contributed by atoms with E-state index in [0.29, 0.717) is 16.5 Å². The number of hydrogen-bond donors (Lipinski definition) is 3. The van der Waals surface area contributed by atoms with Gasteiger partial charge in [-0.05, 0) is 17.5 Å². The third-order valence-corrected chi connectivity index (χ3v) is 3.14. The van der Waals surface area contributed by atoms with Crippen molar-refractivity contribution in [1.82, 2.24) is 5.32 Å². The molecule has 0 saturated heterocycles. The van der Waals surface area contributed by atoms with Crippen LogP contribution in [0.15, 0.2) is 18.2 Å². The SMILES string of the molecule is COc1ccc(Cl)c(NC(=O)N[C@H](C(=O)O)C(C)(C)C)c1. The van der Waals surface area contributed by atoms with Crippen LogP contribution in [-0.2, 0) is 4.79 Å². The number of urea groups is 1. The van der Waals surface area contributed by atoms with Gasteiger partial charge in [0.05, 0.1) is 17.8 Å². The zero-order valence-corrected chi connectivity index (χ0v) is 13.1. The molecule has 0 heterocycles. The second kappa shape index (κ2) is 6.67. The summed E-state index contributed by atoms with van der Waals surface area (Å²) >= 11 is 5.97. The van der Waals surface area contributed by atoms with E-state index < -0.39 is 23.5 Å². The molecule has 3 N–H and O–H groups in total. The van der Waals surface area contributed by atoms with Crippen LogP contribution in [0.4, 0.5) is 10.5 Å². The van der Waals surface area contributed by atoms with Crippen LogP contribution in [0.2, 0.25) is 5.02 Å². The van der Waals surface area contributed by atoms with Crippen molar-refractivity contribution in [1.29, 1.82) is 0 Å². The van der Waals surface area contributed by atoms with E-state index in [9.17, 15) is 14.7 Å². The maximum atomic E-state index is 11.9. The van der Waals surface area contributed by atoms with E-state index in [2.05, 4.69) is 10.6 Å². The first-order valence-corrected chi connectivity index (χ1v) is 6.67. The van der Waals surface area contributed by atoms with E-state index in [4.69, 9.17) is 16.3 Å². The van der Waals surface area contributed by atoms with Gasteiger partial charge in [-0.25, -0.2) is 9.59 Å². The van der Waals surface area contributed by atoms with Crippen LogP contribution < -0.4 is 15.4 Å². The number of nitrogens with one attached hydrogen (secondary N) is 2. The summed E-state index contributed by atoms with van der Waals surface area (Å²) in [5, 5.41) is 14.4. The highest BCUT2D eigenvalue weighted by atomic mass is 35.5. The molecule has 0 spiro atoms. The first-order valence-electron chi connectivity index (χ1n) is 6.29. The first kappa shape index (κ1) is 17.1. The van der Waals surface area contributed by atoms with Crippen molar-refractivity contribution in [2.24, 2.45) is 5.41 Å². The third-order valence-electron chi connectivity index (χ3n) is 2.81. The van der Waals surface area contributed by atoms with Crippen LogP contribution in [0.3, 0.4) is 0 Å². The first-order chi connectivity index (χ1) is 9.65. The van der Waals surface area contributed by atoms with Gasteiger partial charge in [0.2, 0.25) is 0 Å². The standard InChI is InChI=1S/C14H19ClN2O4/c1-14(2,3)11(12(18)19)17-13(20)16-10-7-8(21-4)5-6-9(10)15/h5-7,11H,1-4H3,(H,18,19)(H2,16,17,20)/t11-/m1/s1. The zero-order chi connectivity index (χ0) is 16.2. The molecule has 0 aliphatic heterocycles. The summed E-state index contributed by atoms with van der Waals surface area (Å²) < 4.78 is 5.04. The number of ether oxygens (including phenoxy) is 1. The molecule has 7 heteroatoms. The molecule has 116 valence electrons. The summed E-state index contributed by atoms with van der Waals surface area (Å²) in [6.07, 6.45) is 0. The van der Waals surface area contributed by atoms with Crippen LogP contribution >= 0.6 is 11.6 Å². The summed E-state index contributed by atoms with van der Waals surface area (Å²) in [7, 11) is 1.49. The van der Waals surface area contributed by atoms with Gasteiger partial charge < -0.3 is 20.5 Å². The maximum Gasteiger partial charge on any atom is 0.326 e. The Balaban J connectivity index is 2.84. The van der Waals surface area contributed by atoms with Gasteiger partial charge in [-0.2, -0.15) is 0 Å². The van der Waals surface area contributed by atoms with E-state index in [1.54, 1.807) is 39.0 Å². The van der Waals surface area contributed by atoms with Crippen molar-refractivity contribution < 1.29 is 19.4 Å². The predicted molar refractivity (Wildman–Crippen MR) is 81.0 cm³/mol. The number of hydrogen-bond acceptors (Lipinski definition) is 3. The molecule has 6 nitrogen and oxygen atoms in total. The number of carbonyl (C=O) groups is 2. The van der Waals surface area contributed by atoms with Crippen molar-refractivity contribution in [2.45, 2.75) is 26.8 Å². The van der Waals surface area contributed by atoms with Crippen LogP contribution in [0.1, 0.15) is 20.8 Å². The lowest BCUT2D eigenvalue weighted by molar-refractivity contribution is -0.141. The highest BCUT2D eigenvalue weighted by Crippen LogP contribution is 2.27. The van der Waals surface area contributed by atoms with Gasteiger partial charge in [-0.15, -0.1) is 0 Å². The third kappa shape index (κ3) is 4.82. The lowest BCUT2D eigenvalue weighted by Gasteiger charge is -2.27. The Morgan fingerprint density at radius 3 is 2.43 bits per heavy atom. The second-order valence-electron chi connectivity index (χ2n) is 5.58. The Labute approximate surface area is 128 Å². The molecule has 1 aromatic carbocycles. The van der Waals surface area contributed by atoms with Gasteiger partial charge >= 0.3 is 12.0 Å². The molecule has 0 fully saturated rings. The average Bonchev–Trinajstić information content (AvgIpc) is 2.37. The monoisotopic (exact) mass is 314 g/mol. The smallest absolute Gasteiger partial charge is 0.326 e. The number of methoxy groups -OCH3 is 1. The van der Waals surface area contributed by atoms with Crippen LogP contribution in [-0.4, -0.2) is 30.3 Å². The fourth-order valence-corrected chi connectivity index (χ4v) is 1.83. The van der Waals surface area contributed by atoms with Crippen molar-refractivity contribution in [3.63, 3.8) is 0 Å². The van der Waals surface area contributed by atoms with Crippen molar-refractivity contribution in [3.05, 3.63) is 23.2 Å². The number of carbonyl (C=O) groups excluding carboxylic acids is 1. The number of amides is 2. The molecular formula is C14H19ClN2O4. The second-order valence-corrected chi connectivity index (χ2v) is 5.99. The Morgan fingerprint density at radius 1 is 1.33 bits per heavy atom. The van der Waals surface area contributed by atoms with Crippen molar-refractivity contribution in [2.75, 3.05) is 12.4 Å². The molecule has 1 atom stereocenters. The summed E-state index contributed by atoms with van der Waals surface area (Å²) in [6, 6.07) is 3.11. The van der Waals surface area contributed by atoms with Crippen molar-refractivity contribution >= 4 is 29.3 Å². The molecule has 1 aromatic rings. The van der Waals surface area contributed by atoms with Gasteiger partial charge in [-0.1, -0.05) is 32.4 Å². The Morgan fingerprint density at radius 2 is 1.95 bits per heavy atom. The number of carboxylic acid groups (broad SMARTS) is 1. The Kier molecular flexibility index (Phi) is 5.43. The molecule has 0 aliphatic carbocycles. The van der Waals surface area contributed by atoms with E-state index in [1.807, 2.05) is 0 Å².